The van der Waals surface area contributed by atoms with Gasteiger partial charge in [0.1, 0.15) is 5.75 Å². The van der Waals surface area contributed by atoms with E-state index in [9.17, 15) is 9.59 Å². The van der Waals surface area contributed by atoms with Gasteiger partial charge in [0.15, 0.2) is 5.78 Å². The molecule has 208 valence electrons. The van der Waals surface area contributed by atoms with Crippen molar-refractivity contribution in [3.05, 3.63) is 119 Å². The van der Waals surface area contributed by atoms with Crippen LogP contribution < -0.4 is 15.4 Å². The molecule has 7 nitrogen and oxygen atoms in total. The zero-order chi connectivity index (χ0) is 28.3. The molecular weight excluding hydrogens is 538 g/mol. The molecule has 2 unspecified atom stereocenters. The Hall–Kier alpha value is -4.33. The fourth-order valence-electron chi connectivity index (χ4n) is 5.73. The van der Waals surface area contributed by atoms with Crippen molar-refractivity contribution < 1.29 is 19.1 Å². The summed E-state index contributed by atoms with van der Waals surface area (Å²) < 4.78 is 11.0. The monoisotopic (exact) mass is 567 g/mol. The number of carbonyl (C=O) groups excluding carboxylic acids is 2. The smallest absolute Gasteiger partial charge is 0.256 e. The third-order valence-electron chi connectivity index (χ3n) is 7.74. The summed E-state index contributed by atoms with van der Waals surface area (Å²) in [6.07, 6.45) is 8.62. The minimum Gasteiger partial charge on any atom is -0.497 e. The van der Waals surface area contributed by atoms with Crippen LogP contribution in [0.4, 0.5) is 5.69 Å². The van der Waals surface area contributed by atoms with Crippen molar-refractivity contribution in [1.82, 2.24) is 10.2 Å². The Bertz CT molecular complexity index is 1580. The molecule has 0 radical (unpaired) electrons. The molecule has 0 bridgehead atoms. The van der Waals surface area contributed by atoms with Gasteiger partial charge in [-0.05, 0) is 59.5 Å². The number of morpholine rings is 1. The van der Waals surface area contributed by atoms with Crippen LogP contribution >= 0.6 is 11.6 Å². The van der Waals surface area contributed by atoms with Gasteiger partial charge < -0.3 is 25.0 Å². The normalized spacial score (nSPS) is 19.5. The summed E-state index contributed by atoms with van der Waals surface area (Å²) in [4.78, 5) is 29.7. The van der Waals surface area contributed by atoms with Gasteiger partial charge in [-0.3, -0.25) is 9.59 Å². The lowest BCUT2D eigenvalue weighted by atomic mass is 9.79. The number of ether oxygens (including phenoxy) is 2. The Balaban J connectivity index is 1.25. The summed E-state index contributed by atoms with van der Waals surface area (Å²) in [5, 5.41) is 6.48. The highest BCUT2D eigenvalue weighted by atomic mass is 35.5. The molecule has 1 saturated heterocycles. The van der Waals surface area contributed by atoms with Gasteiger partial charge in [-0.2, -0.15) is 0 Å². The number of anilines is 1. The largest absolute Gasteiger partial charge is 0.497 e. The first kappa shape index (κ1) is 26.9. The summed E-state index contributed by atoms with van der Waals surface area (Å²) in [6.45, 7) is 1.82. The minimum atomic E-state index is -0.309. The van der Waals surface area contributed by atoms with E-state index >= 15 is 0 Å². The first-order valence-corrected chi connectivity index (χ1v) is 14.0. The van der Waals surface area contributed by atoms with Gasteiger partial charge in [-0.1, -0.05) is 54.1 Å². The second-order valence-electron chi connectivity index (χ2n) is 10.2. The number of hydrogen-bond donors (Lipinski definition) is 2. The third kappa shape index (κ3) is 5.38. The Morgan fingerprint density at radius 3 is 2.71 bits per heavy atom. The molecule has 1 amide bonds. The Labute approximate surface area is 244 Å². The summed E-state index contributed by atoms with van der Waals surface area (Å²) in [5.41, 5.74) is 5.18. The molecule has 2 aliphatic heterocycles. The number of carbonyl (C=O) groups is 2. The minimum absolute atomic E-state index is 0.0278. The van der Waals surface area contributed by atoms with E-state index in [-0.39, 0.29) is 23.7 Å². The number of benzene rings is 3. The quantitative estimate of drug-likeness (QED) is 0.353. The third-order valence-corrected chi connectivity index (χ3v) is 8.05. The number of rotatable bonds is 6. The molecule has 1 aliphatic carbocycles. The van der Waals surface area contributed by atoms with Gasteiger partial charge in [-0.25, -0.2) is 0 Å². The van der Waals surface area contributed by atoms with Crippen molar-refractivity contribution >= 4 is 29.0 Å². The number of amides is 1. The maximum atomic E-state index is 13.9. The Morgan fingerprint density at radius 1 is 1.05 bits per heavy atom. The van der Waals surface area contributed by atoms with Crippen LogP contribution in [0.25, 0.3) is 11.1 Å². The van der Waals surface area contributed by atoms with Crippen LogP contribution in [0.5, 0.6) is 5.75 Å². The molecule has 2 N–H and O–H groups in total. The molecule has 0 aromatic heterocycles. The van der Waals surface area contributed by atoms with Gasteiger partial charge in [0.05, 0.1) is 48.6 Å². The second kappa shape index (κ2) is 11.6. The molecule has 41 heavy (non-hydrogen) atoms. The van der Waals surface area contributed by atoms with Crippen molar-refractivity contribution in [2.24, 2.45) is 5.92 Å². The summed E-state index contributed by atoms with van der Waals surface area (Å²) in [7, 11) is 1.57. The average Bonchev–Trinajstić information content (AvgIpc) is 3.20. The number of nitrogens with zero attached hydrogens (tertiary/aromatic N) is 1. The molecule has 3 aromatic carbocycles. The summed E-state index contributed by atoms with van der Waals surface area (Å²) in [5.74, 6) is -0.0609. The number of methoxy groups -OCH3 is 1. The zero-order valence-corrected chi connectivity index (χ0v) is 23.4. The first-order chi connectivity index (χ1) is 20.0. The van der Waals surface area contributed by atoms with E-state index in [0.29, 0.717) is 53.8 Å². The number of nitrogens with one attached hydrogen (secondary N) is 2. The molecule has 6 rings (SSSR count). The lowest BCUT2D eigenvalue weighted by Crippen LogP contribution is -2.48. The van der Waals surface area contributed by atoms with E-state index < -0.39 is 0 Å². The van der Waals surface area contributed by atoms with Crippen LogP contribution in [-0.2, 0) is 4.74 Å². The molecule has 2 atom stereocenters. The standard InChI is InChI=1S/C33H30ClN3O4/c1-40-25-11-13-26(21-6-3-2-4-7-21)29(17-25)33(39)36-23-10-12-27(30(34)16-23)32(38)28-9-5-8-22-18-35-19-24-20-41-15-14-37(24)31(22)28/h2-8,10-13,16-19,28,31,35H,9,14-15,20H2,1H3,(H,36,39). The highest BCUT2D eigenvalue weighted by Gasteiger charge is 2.39. The number of Topliss-reactive ketones (excluding diaryl/α,β-unsaturated/α-hetero) is 1. The maximum absolute atomic E-state index is 13.9. The molecule has 1 fully saturated rings. The molecule has 0 saturated carbocycles. The Kier molecular flexibility index (Phi) is 7.63. The SMILES string of the molecule is COc1ccc(-c2ccccc2)c(C(=O)Nc2ccc(C(=O)C3CC=CC4=CNC=C5COCCN5C43)c(Cl)c2)c1. The van der Waals surface area contributed by atoms with E-state index in [1.165, 1.54) is 0 Å². The first-order valence-electron chi connectivity index (χ1n) is 13.6. The fourth-order valence-corrected chi connectivity index (χ4v) is 6.01. The van der Waals surface area contributed by atoms with Gasteiger partial charge in [0.25, 0.3) is 5.91 Å². The van der Waals surface area contributed by atoms with E-state index in [1.54, 1.807) is 31.4 Å². The predicted molar refractivity (Wildman–Crippen MR) is 160 cm³/mol. The number of allylic oxidation sites excluding steroid dienone is 1. The average molecular weight is 568 g/mol. The van der Waals surface area contributed by atoms with Gasteiger partial charge >= 0.3 is 0 Å². The highest BCUT2D eigenvalue weighted by molar-refractivity contribution is 6.34. The van der Waals surface area contributed by atoms with Crippen LogP contribution in [-0.4, -0.2) is 49.5 Å². The van der Waals surface area contributed by atoms with Gasteiger partial charge in [0, 0.05) is 30.2 Å². The number of fused-ring (bicyclic) bond motifs is 3. The van der Waals surface area contributed by atoms with Gasteiger partial charge in [-0.15, -0.1) is 0 Å². The van der Waals surface area contributed by atoms with Crippen LogP contribution in [0.1, 0.15) is 27.1 Å². The Morgan fingerprint density at radius 2 is 1.90 bits per heavy atom. The molecule has 8 heteroatoms. The fraction of sp³-hybridized carbons (Fsp3) is 0.212. The van der Waals surface area contributed by atoms with Gasteiger partial charge in [0.2, 0.25) is 0 Å². The number of ketones is 1. The topological polar surface area (TPSA) is 79.9 Å². The van der Waals surface area contributed by atoms with Crippen molar-refractivity contribution in [1.29, 1.82) is 0 Å². The van der Waals surface area contributed by atoms with E-state index in [1.807, 2.05) is 60.9 Å². The van der Waals surface area contributed by atoms with Crippen molar-refractivity contribution in [2.75, 3.05) is 32.2 Å². The second-order valence-corrected chi connectivity index (χ2v) is 10.6. The van der Waals surface area contributed by atoms with E-state index in [4.69, 9.17) is 21.1 Å². The van der Waals surface area contributed by atoms with Crippen LogP contribution in [0.15, 0.2) is 103 Å². The van der Waals surface area contributed by atoms with Crippen molar-refractivity contribution in [3.63, 3.8) is 0 Å². The summed E-state index contributed by atoms with van der Waals surface area (Å²) >= 11 is 6.71. The molecular formula is C33H30ClN3O4. The number of halogens is 1. The lowest BCUT2D eigenvalue weighted by Gasteiger charge is -2.42. The van der Waals surface area contributed by atoms with Crippen molar-refractivity contribution in [3.8, 4) is 16.9 Å². The number of hydrogen-bond acceptors (Lipinski definition) is 6. The van der Waals surface area contributed by atoms with Crippen molar-refractivity contribution in [2.45, 2.75) is 12.5 Å². The lowest BCUT2D eigenvalue weighted by molar-refractivity contribution is 0.0455. The maximum Gasteiger partial charge on any atom is 0.256 e. The molecule has 2 heterocycles. The van der Waals surface area contributed by atoms with Crippen LogP contribution in [0.2, 0.25) is 5.02 Å². The molecule has 3 aromatic rings. The predicted octanol–water partition coefficient (Wildman–Crippen LogP) is 6.06. The summed E-state index contributed by atoms with van der Waals surface area (Å²) in [6, 6.07) is 20.1. The van der Waals surface area contributed by atoms with E-state index in [2.05, 4.69) is 21.6 Å². The zero-order valence-electron chi connectivity index (χ0n) is 22.6. The van der Waals surface area contributed by atoms with Crippen LogP contribution in [0.3, 0.4) is 0 Å². The van der Waals surface area contributed by atoms with E-state index in [0.717, 1.165) is 22.4 Å². The van der Waals surface area contributed by atoms with Crippen LogP contribution in [0, 0.1) is 5.92 Å². The molecule has 3 aliphatic rings. The highest BCUT2D eigenvalue weighted by Crippen LogP contribution is 2.36. The molecule has 0 spiro atoms.